The molecule has 3 aromatic carbocycles. The molecule has 2 aromatic heterocycles. The van der Waals surface area contributed by atoms with Crippen molar-refractivity contribution in [2.24, 2.45) is 0 Å². The predicted molar refractivity (Wildman–Crippen MR) is 160 cm³/mol. The molecular weight excluding hydrogens is 532 g/mol. The Hall–Kier alpha value is -4.85. The number of nitrogens with zero attached hydrogens (tertiary/aromatic N) is 2. The van der Waals surface area contributed by atoms with Crippen molar-refractivity contribution in [1.29, 1.82) is 0 Å². The fourth-order valence-electron chi connectivity index (χ4n) is 5.27. The third kappa shape index (κ3) is 7.07. The van der Waals surface area contributed by atoms with Crippen molar-refractivity contribution in [3.05, 3.63) is 107 Å². The average molecular weight is 567 g/mol. The van der Waals surface area contributed by atoms with Gasteiger partial charge in [-0.1, -0.05) is 42.5 Å². The summed E-state index contributed by atoms with van der Waals surface area (Å²) in [5, 5.41) is 19.4. The van der Waals surface area contributed by atoms with E-state index >= 15 is 0 Å². The normalized spacial score (nSPS) is 11.2. The summed E-state index contributed by atoms with van der Waals surface area (Å²) in [6.45, 7) is 2.93. The van der Waals surface area contributed by atoms with Crippen molar-refractivity contribution in [1.82, 2.24) is 9.55 Å². The maximum atomic E-state index is 11.6. The Morgan fingerprint density at radius 2 is 1.67 bits per heavy atom. The summed E-state index contributed by atoms with van der Waals surface area (Å²) in [6.07, 6.45) is 4.52. The number of carboxylic acid groups (broad SMARTS) is 2. The second-order valence-corrected chi connectivity index (χ2v) is 10.4. The maximum absolute atomic E-state index is 11.6. The lowest BCUT2D eigenvalue weighted by Gasteiger charge is -2.09. The largest absolute Gasteiger partial charge is 0.493 e. The van der Waals surface area contributed by atoms with Crippen LogP contribution in [0.4, 0.5) is 0 Å². The Bertz CT molecular complexity index is 1670. The lowest BCUT2D eigenvalue weighted by Crippen LogP contribution is -2.03. The molecule has 0 spiro atoms. The molecule has 0 aliphatic rings. The van der Waals surface area contributed by atoms with Gasteiger partial charge in [0.2, 0.25) is 5.89 Å². The number of aryl methyl sites for hydroxylation is 4. The van der Waals surface area contributed by atoms with Gasteiger partial charge in [0.1, 0.15) is 11.5 Å². The number of ether oxygens (including phenoxy) is 1. The molecule has 0 fully saturated rings. The smallest absolute Gasteiger partial charge is 0.307 e. The van der Waals surface area contributed by atoms with Crippen molar-refractivity contribution >= 4 is 22.8 Å². The summed E-state index contributed by atoms with van der Waals surface area (Å²) >= 11 is 0. The van der Waals surface area contributed by atoms with E-state index in [2.05, 4.69) is 17.1 Å². The van der Waals surface area contributed by atoms with Gasteiger partial charge < -0.3 is 23.9 Å². The first-order valence-corrected chi connectivity index (χ1v) is 14.1. The third-order valence-electron chi connectivity index (χ3n) is 7.33. The topological polar surface area (TPSA) is 115 Å². The third-order valence-corrected chi connectivity index (χ3v) is 7.33. The lowest BCUT2D eigenvalue weighted by atomic mass is 9.98. The Morgan fingerprint density at radius 3 is 2.40 bits per heavy atom. The van der Waals surface area contributed by atoms with E-state index in [-0.39, 0.29) is 12.8 Å². The first-order chi connectivity index (χ1) is 20.4. The van der Waals surface area contributed by atoms with E-state index in [0.29, 0.717) is 31.9 Å². The van der Waals surface area contributed by atoms with Crippen LogP contribution in [0.2, 0.25) is 0 Å². The van der Waals surface area contributed by atoms with E-state index in [1.165, 1.54) is 0 Å². The summed E-state index contributed by atoms with van der Waals surface area (Å²) in [6, 6.07) is 23.9. The molecule has 0 saturated carbocycles. The molecule has 0 unspecified atom stereocenters. The molecule has 8 heteroatoms. The maximum Gasteiger partial charge on any atom is 0.307 e. The van der Waals surface area contributed by atoms with Crippen molar-refractivity contribution in [3.63, 3.8) is 0 Å². The van der Waals surface area contributed by atoms with Crippen LogP contribution in [0.15, 0.2) is 83.4 Å². The summed E-state index contributed by atoms with van der Waals surface area (Å²) in [5.74, 6) is 0.475. The lowest BCUT2D eigenvalue weighted by molar-refractivity contribution is -0.137. The van der Waals surface area contributed by atoms with E-state index in [1.807, 2.05) is 78.4 Å². The minimum absolute atomic E-state index is 0.0718. The standard InChI is InChI=1S/C34H34N2O6/c1-23-29(35-34(42-23)26-7-3-2-4-8-26)18-20-41-28-16-13-24(14-17-28)12-15-25-9-5-10-30-33(25)27(21-32(39)40)22-36(30)19-6-11-31(37)38/h2-5,7-10,13-14,16-17,22H,6,11-12,15,18-21H2,1H3,(H,37,38)(H,39,40). The van der Waals surface area contributed by atoms with Crippen LogP contribution in [0.3, 0.4) is 0 Å². The predicted octanol–water partition coefficient (Wildman–Crippen LogP) is 6.50. The summed E-state index contributed by atoms with van der Waals surface area (Å²) < 4.78 is 13.8. The van der Waals surface area contributed by atoms with Crippen molar-refractivity contribution in [2.75, 3.05) is 6.61 Å². The zero-order chi connectivity index (χ0) is 29.5. The Balaban J connectivity index is 1.20. The number of benzene rings is 3. The Kier molecular flexibility index (Phi) is 9.02. The van der Waals surface area contributed by atoms with Crippen LogP contribution in [0.1, 0.15) is 41.0 Å². The Labute approximate surface area is 244 Å². The molecule has 0 aliphatic heterocycles. The van der Waals surface area contributed by atoms with Crippen LogP contribution in [-0.4, -0.2) is 38.3 Å². The first-order valence-electron chi connectivity index (χ1n) is 14.1. The van der Waals surface area contributed by atoms with Gasteiger partial charge in [-0.25, -0.2) is 4.98 Å². The van der Waals surface area contributed by atoms with E-state index in [0.717, 1.165) is 63.2 Å². The van der Waals surface area contributed by atoms with Crippen molar-refractivity contribution in [2.45, 2.75) is 52.0 Å². The van der Waals surface area contributed by atoms with E-state index in [9.17, 15) is 14.7 Å². The molecular formula is C34H34N2O6. The number of hydrogen-bond donors (Lipinski definition) is 2. The molecule has 0 amide bonds. The number of hydrogen-bond acceptors (Lipinski definition) is 5. The minimum Gasteiger partial charge on any atom is -0.493 e. The highest BCUT2D eigenvalue weighted by atomic mass is 16.5. The summed E-state index contributed by atoms with van der Waals surface area (Å²) in [4.78, 5) is 27.2. The zero-order valence-corrected chi connectivity index (χ0v) is 23.6. The molecule has 42 heavy (non-hydrogen) atoms. The monoisotopic (exact) mass is 566 g/mol. The average Bonchev–Trinajstić information content (AvgIpc) is 3.52. The molecule has 5 rings (SSSR count). The van der Waals surface area contributed by atoms with E-state index < -0.39 is 11.9 Å². The molecule has 216 valence electrons. The van der Waals surface area contributed by atoms with Gasteiger partial charge in [-0.15, -0.1) is 0 Å². The van der Waals surface area contributed by atoms with Crippen LogP contribution in [0.5, 0.6) is 5.75 Å². The molecule has 2 N–H and O–H groups in total. The van der Waals surface area contributed by atoms with E-state index in [4.69, 9.17) is 14.3 Å². The van der Waals surface area contributed by atoms with Gasteiger partial charge in [0.05, 0.1) is 18.7 Å². The number of oxazole rings is 1. The second kappa shape index (κ2) is 13.2. The summed E-state index contributed by atoms with van der Waals surface area (Å²) in [5.41, 5.74) is 5.77. The van der Waals surface area contributed by atoms with Gasteiger partial charge in [-0.3, -0.25) is 9.59 Å². The highest BCUT2D eigenvalue weighted by molar-refractivity contribution is 5.90. The highest BCUT2D eigenvalue weighted by Crippen LogP contribution is 2.28. The number of rotatable bonds is 14. The van der Waals surface area contributed by atoms with Crippen LogP contribution in [0.25, 0.3) is 22.4 Å². The van der Waals surface area contributed by atoms with Crippen molar-refractivity contribution in [3.8, 4) is 17.2 Å². The summed E-state index contributed by atoms with van der Waals surface area (Å²) in [7, 11) is 0. The highest BCUT2D eigenvalue weighted by Gasteiger charge is 2.15. The van der Waals surface area contributed by atoms with Crippen LogP contribution >= 0.6 is 0 Å². The van der Waals surface area contributed by atoms with Crippen LogP contribution in [-0.2, 0) is 41.8 Å². The van der Waals surface area contributed by atoms with Gasteiger partial charge in [0.25, 0.3) is 0 Å². The molecule has 0 bridgehead atoms. The SMILES string of the molecule is Cc1oc(-c2ccccc2)nc1CCOc1ccc(CCc2cccc3c2c(CC(=O)O)cn3CCCC(=O)O)cc1. The number of aromatic nitrogens is 2. The number of fused-ring (bicyclic) bond motifs is 1. The molecule has 0 aliphatic carbocycles. The number of aliphatic carboxylic acids is 2. The molecule has 0 saturated heterocycles. The molecule has 0 radical (unpaired) electrons. The zero-order valence-electron chi connectivity index (χ0n) is 23.6. The van der Waals surface area contributed by atoms with Crippen molar-refractivity contribution < 1.29 is 29.0 Å². The van der Waals surface area contributed by atoms with Gasteiger partial charge in [-0.05, 0) is 73.2 Å². The number of carbonyl (C=O) groups is 2. The van der Waals surface area contributed by atoms with Gasteiger partial charge in [-0.2, -0.15) is 0 Å². The Morgan fingerprint density at radius 1 is 0.881 bits per heavy atom. The molecule has 8 nitrogen and oxygen atoms in total. The molecule has 0 atom stereocenters. The van der Waals surface area contributed by atoms with Gasteiger partial charge >= 0.3 is 11.9 Å². The van der Waals surface area contributed by atoms with E-state index in [1.54, 1.807) is 0 Å². The molecule has 5 aromatic rings. The second-order valence-electron chi connectivity index (χ2n) is 10.4. The van der Waals surface area contributed by atoms with Gasteiger partial charge in [0.15, 0.2) is 0 Å². The quantitative estimate of drug-likeness (QED) is 0.158. The first kappa shape index (κ1) is 28.7. The van der Waals surface area contributed by atoms with Crippen LogP contribution < -0.4 is 4.74 Å². The fraction of sp³-hybridized carbons (Fsp3) is 0.265. The van der Waals surface area contributed by atoms with Gasteiger partial charge in [0, 0.05) is 42.0 Å². The molecule has 2 heterocycles. The van der Waals surface area contributed by atoms with Crippen LogP contribution in [0, 0.1) is 6.92 Å². The minimum atomic E-state index is -0.889. The fourth-order valence-corrected chi connectivity index (χ4v) is 5.27. The number of carboxylic acids is 2.